The fraction of sp³-hybridized carbons (Fsp3) is 0.429. The van der Waals surface area contributed by atoms with Crippen LogP contribution in [0.15, 0.2) is 21.8 Å². The van der Waals surface area contributed by atoms with Crippen LogP contribution in [0.3, 0.4) is 0 Å². The van der Waals surface area contributed by atoms with E-state index in [9.17, 15) is 0 Å². The second kappa shape index (κ2) is 8.08. The fourth-order valence-electron chi connectivity index (χ4n) is 1.92. The third-order valence-corrected chi connectivity index (χ3v) is 5.09. The van der Waals surface area contributed by atoms with Gasteiger partial charge >= 0.3 is 0 Å². The van der Waals surface area contributed by atoms with E-state index in [1.165, 1.54) is 0 Å². The summed E-state index contributed by atoms with van der Waals surface area (Å²) < 4.78 is 13.5. The van der Waals surface area contributed by atoms with Crippen LogP contribution in [0, 0.1) is 0 Å². The number of nitrogens with zero attached hydrogens (tertiary/aromatic N) is 3. The summed E-state index contributed by atoms with van der Waals surface area (Å²) in [5.74, 6) is 3.65. The first-order valence-electron chi connectivity index (χ1n) is 6.62. The first-order chi connectivity index (χ1) is 10.6. The summed E-state index contributed by atoms with van der Waals surface area (Å²) in [7, 11) is 5.17. The SMILES string of the molecule is COc1cc(Br)c(-c2nnc(SCCCCl)n2C)cc1OC. The summed E-state index contributed by atoms with van der Waals surface area (Å²) in [6.07, 6.45) is 0.939. The van der Waals surface area contributed by atoms with Gasteiger partial charge in [-0.25, -0.2) is 0 Å². The van der Waals surface area contributed by atoms with Crippen LogP contribution in [0.1, 0.15) is 6.42 Å². The Labute approximate surface area is 147 Å². The molecule has 120 valence electrons. The Morgan fingerprint density at radius 1 is 1.23 bits per heavy atom. The van der Waals surface area contributed by atoms with E-state index in [0.717, 1.165) is 33.2 Å². The largest absolute Gasteiger partial charge is 0.493 e. The van der Waals surface area contributed by atoms with Gasteiger partial charge in [0.15, 0.2) is 22.5 Å². The first-order valence-corrected chi connectivity index (χ1v) is 8.93. The molecule has 5 nitrogen and oxygen atoms in total. The third-order valence-electron chi connectivity index (χ3n) is 3.06. The van der Waals surface area contributed by atoms with Gasteiger partial charge < -0.3 is 14.0 Å². The van der Waals surface area contributed by atoms with Gasteiger partial charge in [0.05, 0.1) is 14.2 Å². The van der Waals surface area contributed by atoms with E-state index in [4.69, 9.17) is 21.1 Å². The molecule has 2 rings (SSSR count). The van der Waals surface area contributed by atoms with E-state index in [-0.39, 0.29) is 0 Å². The number of aromatic nitrogens is 3. The molecular weight excluding hydrogens is 390 g/mol. The van der Waals surface area contributed by atoms with Gasteiger partial charge in [0.25, 0.3) is 0 Å². The van der Waals surface area contributed by atoms with E-state index in [1.54, 1.807) is 26.0 Å². The van der Waals surface area contributed by atoms with Crippen molar-refractivity contribution in [1.82, 2.24) is 14.8 Å². The standard InChI is InChI=1S/C14H17BrClN3O2S/c1-19-13(17-18-14(19)22-6-4-5-16)9-7-11(20-2)12(21-3)8-10(9)15/h7-8H,4-6H2,1-3H3. The van der Waals surface area contributed by atoms with E-state index in [2.05, 4.69) is 26.1 Å². The number of rotatable bonds is 7. The van der Waals surface area contributed by atoms with Crippen LogP contribution in [-0.2, 0) is 7.05 Å². The Bertz CT molecular complexity index is 651. The maximum Gasteiger partial charge on any atom is 0.191 e. The van der Waals surface area contributed by atoms with Crippen LogP contribution in [0.2, 0.25) is 0 Å². The van der Waals surface area contributed by atoms with Crippen LogP contribution < -0.4 is 9.47 Å². The molecule has 0 aliphatic carbocycles. The predicted octanol–water partition coefficient (Wildman–Crippen LogP) is 3.98. The number of thioether (sulfide) groups is 1. The summed E-state index contributed by atoms with van der Waals surface area (Å²) in [5.41, 5.74) is 0.900. The summed E-state index contributed by atoms with van der Waals surface area (Å²) in [6.45, 7) is 0. The van der Waals surface area contributed by atoms with Crippen molar-refractivity contribution in [2.24, 2.45) is 7.05 Å². The number of alkyl halides is 1. The van der Waals surface area contributed by atoms with Crippen molar-refractivity contribution >= 4 is 39.3 Å². The Morgan fingerprint density at radius 3 is 2.55 bits per heavy atom. The van der Waals surface area contributed by atoms with Crippen LogP contribution in [0.5, 0.6) is 11.5 Å². The molecule has 0 bridgehead atoms. The molecule has 0 spiro atoms. The molecule has 0 N–H and O–H groups in total. The maximum atomic E-state index is 5.70. The summed E-state index contributed by atoms with van der Waals surface area (Å²) in [4.78, 5) is 0. The molecule has 0 amide bonds. The number of ether oxygens (including phenoxy) is 2. The lowest BCUT2D eigenvalue weighted by atomic mass is 10.2. The molecule has 1 aromatic heterocycles. The van der Waals surface area contributed by atoms with E-state index < -0.39 is 0 Å². The molecule has 2 aromatic rings. The molecule has 0 aliphatic rings. The lowest BCUT2D eigenvalue weighted by Gasteiger charge is -2.11. The average molecular weight is 407 g/mol. The number of methoxy groups -OCH3 is 2. The Balaban J connectivity index is 2.36. The van der Waals surface area contributed by atoms with Gasteiger partial charge in [-0.05, 0) is 34.5 Å². The van der Waals surface area contributed by atoms with Crippen molar-refractivity contribution in [2.75, 3.05) is 25.9 Å². The number of hydrogen-bond donors (Lipinski definition) is 0. The highest BCUT2D eigenvalue weighted by atomic mass is 79.9. The van der Waals surface area contributed by atoms with Gasteiger partial charge in [-0.1, -0.05) is 11.8 Å². The van der Waals surface area contributed by atoms with Gasteiger partial charge in [0, 0.05) is 28.7 Å². The normalized spacial score (nSPS) is 10.8. The van der Waals surface area contributed by atoms with Gasteiger partial charge in [0.2, 0.25) is 0 Å². The predicted molar refractivity (Wildman–Crippen MR) is 93.3 cm³/mol. The molecule has 0 atom stereocenters. The molecule has 0 aliphatic heterocycles. The van der Waals surface area contributed by atoms with Gasteiger partial charge in [-0.2, -0.15) is 0 Å². The van der Waals surface area contributed by atoms with Crippen LogP contribution in [0.4, 0.5) is 0 Å². The van der Waals surface area contributed by atoms with Crippen LogP contribution in [-0.4, -0.2) is 40.6 Å². The van der Waals surface area contributed by atoms with Crippen molar-refractivity contribution in [3.63, 3.8) is 0 Å². The van der Waals surface area contributed by atoms with Crippen molar-refractivity contribution < 1.29 is 9.47 Å². The molecule has 1 aromatic carbocycles. The van der Waals surface area contributed by atoms with Crippen molar-refractivity contribution in [1.29, 1.82) is 0 Å². The topological polar surface area (TPSA) is 49.2 Å². The maximum absolute atomic E-state index is 5.70. The minimum atomic E-state index is 0.652. The smallest absolute Gasteiger partial charge is 0.191 e. The molecular formula is C14H17BrClN3O2S. The molecule has 0 unspecified atom stereocenters. The molecule has 0 saturated carbocycles. The van der Waals surface area contributed by atoms with E-state index >= 15 is 0 Å². The number of hydrogen-bond acceptors (Lipinski definition) is 5. The Hall–Kier alpha value is -0.920. The fourth-order valence-corrected chi connectivity index (χ4v) is 3.56. The quantitative estimate of drug-likeness (QED) is 0.395. The zero-order valence-electron chi connectivity index (χ0n) is 12.6. The summed E-state index contributed by atoms with van der Waals surface area (Å²) in [5, 5.41) is 9.40. The highest BCUT2D eigenvalue weighted by molar-refractivity contribution is 9.10. The molecule has 0 radical (unpaired) electrons. The minimum Gasteiger partial charge on any atom is -0.493 e. The molecule has 0 saturated heterocycles. The molecule has 0 fully saturated rings. The lowest BCUT2D eigenvalue weighted by molar-refractivity contribution is 0.355. The van der Waals surface area contributed by atoms with E-state index in [0.29, 0.717) is 17.4 Å². The monoisotopic (exact) mass is 405 g/mol. The van der Waals surface area contributed by atoms with Crippen molar-refractivity contribution in [3.8, 4) is 22.9 Å². The Kier molecular flexibility index (Phi) is 6.40. The Morgan fingerprint density at radius 2 is 1.91 bits per heavy atom. The average Bonchev–Trinajstić information content (AvgIpc) is 2.88. The zero-order chi connectivity index (χ0) is 16.1. The van der Waals surface area contributed by atoms with Crippen molar-refractivity contribution in [2.45, 2.75) is 11.6 Å². The lowest BCUT2D eigenvalue weighted by Crippen LogP contribution is -1.98. The third kappa shape index (κ3) is 3.70. The van der Waals surface area contributed by atoms with Gasteiger partial charge in [-0.15, -0.1) is 21.8 Å². The molecule has 1 heterocycles. The second-order valence-electron chi connectivity index (χ2n) is 4.44. The molecule has 22 heavy (non-hydrogen) atoms. The number of halogens is 2. The summed E-state index contributed by atoms with van der Waals surface area (Å²) >= 11 is 10.9. The highest BCUT2D eigenvalue weighted by Gasteiger charge is 2.17. The van der Waals surface area contributed by atoms with Gasteiger partial charge in [0.1, 0.15) is 0 Å². The number of benzene rings is 1. The zero-order valence-corrected chi connectivity index (χ0v) is 15.8. The highest BCUT2D eigenvalue weighted by Crippen LogP contribution is 2.38. The van der Waals surface area contributed by atoms with E-state index in [1.807, 2.05) is 23.7 Å². The second-order valence-corrected chi connectivity index (χ2v) is 6.74. The first kappa shape index (κ1) is 17.4. The van der Waals surface area contributed by atoms with Gasteiger partial charge in [-0.3, -0.25) is 0 Å². The van der Waals surface area contributed by atoms with Crippen molar-refractivity contribution in [3.05, 3.63) is 16.6 Å². The summed E-state index contributed by atoms with van der Waals surface area (Å²) in [6, 6.07) is 3.75. The molecule has 8 heteroatoms. The van der Waals surface area contributed by atoms with Crippen LogP contribution in [0.25, 0.3) is 11.4 Å². The van der Waals surface area contributed by atoms with Crippen LogP contribution >= 0.6 is 39.3 Å². The minimum absolute atomic E-state index is 0.652.